The van der Waals surface area contributed by atoms with Crippen molar-refractivity contribution in [1.29, 1.82) is 5.26 Å². The Bertz CT molecular complexity index is 432. The van der Waals surface area contributed by atoms with E-state index < -0.39 is 0 Å². The summed E-state index contributed by atoms with van der Waals surface area (Å²) in [5.74, 6) is 1.57. The number of piperazine rings is 1. The third-order valence-corrected chi connectivity index (χ3v) is 3.56. The first-order chi connectivity index (χ1) is 8.61. The van der Waals surface area contributed by atoms with Crippen molar-refractivity contribution in [3.63, 3.8) is 0 Å². The molecule has 1 unspecified atom stereocenters. The van der Waals surface area contributed by atoms with Crippen molar-refractivity contribution < 1.29 is 0 Å². The van der Waals surface area contributed by atoms with Crippen LogP contribution in [0, 0.1) is 17.2 Å². The second kappa shape index (κ2) is 5.36. The molecule has 2 heterocycles. The zero-order valence-corrected chi connectivity index (χ0v) is 11.3. The molecule has 1 aromatic heterocycles. The van der Waals surface area contributed by atoms with Crippen LogP contribution in [-0.4, -0.2) is 42.6 Å². The Morgan fingerprint density at radius 3 is 2.72 bits per heavy atom. The Hall–Kier alpha value is -1.60. The number of hydrogen-bond donors (Lipinski definition) is 0. The number of nitrogens with zero attached hydrogens (tertiary/aromatic N) is 4. The van der Waals surface area contributed by atoms with E-state index in [0.29, 0.717) is 17.5 Å². The first-order valence-electron chi connectivity index (χ1n) is 6.43. The van der Waals surface area contributed by atoms with Crippen molar-refractivity contribution in [1.82, 2.24) is 9.88 Å². The smallest absolute Gasteiger partial charge is 0.128 e. The van der Waals surface area contributed by atoms with Crippen molar-refractivity contribution in [2.75, 3.05) is 31.6 Å². The van der Waals surface area contributed by atoms with Gasteiger partial charge in [-0.05, 0) is 25.1 Å². The fourth-order valence-corrected chi connectivity index (χ4v) is 2.43. The minimum absolute atomic E-state index is 0.490. The molecule has 1 aliphatic heterocycles. The van der Waals surface area contributed by atoms with E-state index in [9.17, 15) is 0 Å². The lowest BCUT2D eigenvalue weighted by Crippen LogP contribution is -2.54. The van der Waals surface area contributed by atoms with Gasteiger partial charge >= 0.3 is 0 Å². The van der Waals surface area contributed by atoms with Gasteiger partial charge in [-0.25, -0.2) is 4.98 Å². The van der Waals surface area contributed by atoms with E-state index in [2.05, 4.69) is 41.7 Å². The molecular weight excluding hydrogens is 224 g/mol. The zero-order valence-electron chi connectivity index (χ0n) is 11.3. The molecule has 0 aliphatic carbocycles. The lowest BCUT2D eigenvalue weighted by Gasteiger charge is -2.42. The fourth-order valence-electron chi connectivity index (χ4n) is 2.43. The predicted molar refractivity (Wildman–Crippen MR) is 72.4 cm³/mol. The highest BCUT2D eigenvalue weighted by Crippen LogP contribution is 2.22. The van der Waals surface area contributed by atoms with Crippen molar-refractivity contribution in [3.8, 4) is 6.07 Å². The molecule has 96 valence electrons. The van der Waals surface area contributed by atoms with Crippen molar-refractivity contribution in [2.45, 2.75) is 19.9 Å². The maximum atomic E-state index is 8.80. The molecule has 1 atom stereocenters. The van der Waals surface area contributed by atoms with E-state index in [1.165, 1.54) is 0 Å². The Balaban J connectivity index is 2.21. The zero-order chi connectivity index (χ0) is 13.1. The lowest BCUT2D eigenvalue weighted by molar-refractivity contribution is 0.236. The molecular formula is C14H20N4. The average Bonchev–Trinajstić information content (AvgIpc) is 2.39. The van der Waals surface area contributed by atoms with Crippen LogP contribution < -0.4 is 4.90 Å². The molecule has 0 spiro atoms. The molecule has 1 aromatic rings. The molecule has 4 heteroatoms. The number of pyridine rings is 1. The normalized spacial score (nSPS) is 21.1. The molecule has 4 nitrogen and oxygen atoms in total. The second-order valence-electron chi connectivity index (χ2n) is 5.28. The van der Waals surface area contributed by atoms with Gasteiger partial charge < -0.3 is 9.80 Å². The molecule has 0 aromatic carbocycles. The Morgan fingerprint density at radius 1 is 1.39 bits per heavy atom. The van der Waals surface area contributed by atoms with Crippen LogP contribution in [0.4, 0.5) is 5.82 Å². The monoisotopic (exact) mass is 244 g/mol. The first kappa shape index (κ1) is 12.8. The number of anilines is 1. The van der Waals surface area contributed by atoms with Crippen LogP contribution in [-0.2, 0) is 0 Å². The van der Waals surface area contributed by atoms with E-state index in [0.717, 1.165) is 25.5 Å². The van der Waals surface area contributed by atoms with Gasteiger partial charge in [-0.3, -0.25) is 0 Å². The third-order valence-electron chi connectivity index (χ3n) is 3.56. The van der Waals surface area contributed by atoms with Crippen LogP contribution in [0.15, 0.2) is 18.3 Å². The average molecular weight is 244 g/mol. The van der Waals surface area contributed by atoms with Gasteiger partial charge in [-0.15, -0.1) is 0 Å². The summed E-state index contributed by atoms with van der Waals surface area (Å²) in [6.07, 6.45) is 1.66. The number of aromatic nitrogens is 1. The summed E-state index contributed by atoms with van der Waals surface area (Å²) >= 11 is 0. The van der Waals surface area contributed by atoms with Crippen molar-refractivity contribution >= 4 is 5.82 Å². The SMILES string of the molecule is CC(C)C1CN(C)CCN1c1ccc(C#N)cn1. The summed E-state index contributed by atoms with van der Waals surface area (Å²) in [6.45, 7) is 7.63. The molecule has 1 saturated heterocycles. The second-order valence-corrected chi connectivity index (χ2v) is 5.28. The van der Waals surface area contributed by atoms with E-state index >= 15 is 0 Å². The standard InChI is InChI=1S/C14H20N4/c1-11(2)13-10-17(3)6-7-18(13)14-5-4-12(8-15)9-16-14/h4-5,9,11,13H,6-7,10H2,1-3H3. The van der Waals surface area contributed by atoms with Gasteiger partial charge in [0.1, 0.15) is 11.9 Å². The maximum Gasteiger partial charge on any atom is 0.128 e. The molecule has 0 N–H and O–H groups in total. The summed E-state index contributed by atoms with van der Waals surface area (Å²) in [5.41, 5.74) is 0.619. The predicted octanol–water partition coefficient (Wildman–Crippen LogP) is 1.73. The van der Waals surface area contributed by atoms with E-state index in [-0.39, 0.29) is 0 Å². The number of likely N-dealkylation sites (N-methyl/N-ethyl adjacent to an activating group) is 1. The summed E-state index contributed by atoms with van der Waals surface area (Å²) in [6, 6.07) is 6.40. The maximum absolute atomic E-state index is 8.80. The Labute approximate surface area is 109 Å². The van der Waals surface area contributed by atoms with E-state index in [1.807, 2.05) is 12.1 Å². The molecule has 0 saturated carbocycles. The lowest BCUT2D eigenvalue weighted by atomic mass is 10.00. The topological polar surface area (TPSA) is 43.2 Å². The van der Waals surface area contributed by atoms with Crippen LogP contribution in [0.5, 0.6) is 0 Å². The van der Waals surface area contributed by atoms with Gasteiger partial charge in [0.15, 0.2) is 0 Å². The molecule has 1 aliphatic rings. The molecule has 0 bridgehead atoms. The largest absolute Gasteiger partial charge is 0.351 e. The van der Waals surface area contributed by atoms with E-state index in [1.54, 1.807) is 6.20 Å². The number of nitriles is 1. The van der Waals surface area contributed by atoms with E-state index in [4.69, 9.17) is 5.26 Å². The first-order valence-corrected chi connectivity index (χ1v) is 6.43. The van der Waals surface area contributed by atoms with Gasteiger partial charge in [0.05, 0.1) is 5.56 Å². The quantitative estimate of drug-likeness (QED) is 0.794. The van der Waals surface area contributed by atoms with Gasteiger partial charge in [0, 0.05) is 31.9 Å². The van der Waals surface area contributed by atoms with Crippen molar-refractivity contribution in [2.24, 2.45) is 5.92 Å². The third kappa shape index (κ3) is 2.62. The van der Waals surface area contributed by atoms with Crippen LogP contribution in [0.2, 0.25) is 0 Å². The number of rotatable bonds is 2. The summed E-state index contributed by atoms with van der Waals surface area (Å²) in [7, 11) is 2.17. The van der Waals surface area contributed by atoms with Crippen molar-refractivity contribution in [3.05, 3.63) is 23.9 Å². The van der Waals surface area contributed by atoms with Gasteiger partial charge in [-0.1, -0.05) is 13.8 Å². The molecule has 0 radical (unpaired) electrons. The summed E-state index contributed by atoms with van der Waals surface area (Å²) in [4.78, 5) is 9.15. The summed E-state index contributed by atoms with van der Waals surface area (Å²) < 4.78 is 0. The Kier molecular flexibility index (Phi) is 3.83. The molecule has 1 fully saturated rings. The van der Waals surface area contributed by atoms with Crippen LogP contribution >= 0.6 is 0 Å². The molecule has 18 heavy (non-hydrogen) atoms. The van der Waals surface area contributed by atoms with Crippen LogP contribution in [0.25, 0.3) is 0 Å². The highest BCUT2D eigenvalue weighted by molar-refractivity contribution is 5.43. The highest BCUT2D eigenvalue weighted by atomic mass is 15.3. The number of hydrogen-bond acceptors (Lipinski definition) is 4. The van der Waals surface area contributed by atoms with Gasteiger partial charge in [0.25, 0.3) is 0 Å². The molecule has 0 amide bonds. The summed E-state index contributed by atoms with van der Waals surface area (Å²) in [5, 5.41) is 8.80. The van der Waals surface area contributed by atoms with Gasteiger partial charge in [-0.2, -0.15) is 5.26 Å². The van der Waals surface area contributed by atoms with Gasteiger partial charge in [0.2, 0.25) is 0 Å². The van der Waals surface area contributed by atoms with Crippen LogP contribution in [0.1, 0.15) is 19.4 Å². The van der Waals surface area contributed by atoms with Crippen LogP contribution in [0.3, 0.4) is 0 Å². The molecule has 2 rings (SSSR count). The fraction of sp³-hybridized carbons (Fsp3) is 0.571. The minimum Gasteiger partial charge on any atom is -0.351 e. The Morgan fingerprint density at radius 2 is 2.17 bits per heavy atom. The highest BCUT2D eigenvalue weighted by Gasteiger charge is 2.28. The minimum atomic E-state index is 0.490.